The van der Waals surface area contributed by atoms with Gasteiger partial charge in [-0.3, -0.25) is 4.79 Å². The summed E-state index contributed by atoms with van der Waals surface area (Å²) in [5.74, 6) is -0.0632. The number of benzene rings is 1. The van der Waals surface area contributed by atoms with E-state index < -0.39 is 0 Å². The smallest absolute Gasteiger partial charge is 0.272 e. The number of hydrogen-bond acceptors (Lipinski definition) is 3. The molecule has 5 heteroatoms. The van der Waals surface area contributed by atoms with Crippen molar-refractivity contribution in [2.75, 3.05) is 12.8 Å². The second-order valence-electron chi connectivity index (χ2n) is 5.15. The Hall–Kier alpha value is -2.07. The Morgan fingerprint density at radius 3 is 2.76 bits per heavy atom. The summed E-state index contributed by atoms with van der Waals surface area (Å²) in [5, 5.41) is 0. The highest BCUT2D eigenvalue weighted by atomic mass is 35.5. The normalized spacial score (nSPS) is 16.0. The van der Waals surface area contributed by atoms with Crippen molar-refractivity contribution in [2.45, 2.75) is 18.9 Å². The van der Waals surface area contributed by atoms with Gasteiger partial charge in [0.1, 0.15) is 5.69 Å². The van der Waals surface area contributed by atoms with Crippen LogP contribution < -0.4 is 5.73 Å². The van der Waals surface area contributed by atoms with Crippen LogP contribution >= 0.6 is 12.4 Å². The highest BCUT2D eigenvalue weighted by molar-refractivity contribution is 5.92. The molecule has 0 saturated heterocycles. The Bertz CT molecular complexity index is 642. The van der Waals surface area contributed by atoms with E-state index in [0.29, 0.717) is 11.4 Å². The molecule has 0 spiro atoms. The summed E-state index contributed by atoms with van der Waals surface area (Å²) in [6.07, 6.45) is 3.51. The molecule has 1 aliphatic rings. The number of nitrogens with zero attached hydrogens (tertiary/aromatic N) is 2. The molecule has 110 valence electrons. The van der Waals surface area contributed by atoms with Crippen LogP contribution in [0.3, 0.4) is 0 Å². The zero-order valence-electron chi connectivity index (χ0n) is 11.8. The van der Waals surface area contributed by atoms with Crippen LogP contribution in [0.1, 0.15) is 34.1 Å². The third-order valence-corrected chi connectivity index (χ3v) is 3.89. The largest absolute Gasteiger partial charge is 0.397 e. The molecular weight excluding hydrogens is 286 g/mol. The van der Waals surface area contributed by atoms with Crippen molar-refractivity contribution in [3.05, 3.63) is 59.4 Å². The lowest BCUT2D eigenvalue weighted by molar-refractivity contribution is 0.0724. The first-order chi connectivity index (χ1) is 9.66. The minimum absolute atomic E-state index is 0. The Morgan fingerprint density at radius 1 is 1.29 bits per heavy atom. The van der Waals surface area contributed by atoms with Crippen LogP contribution in [0, 0.1) is 0 Å². The molecule has 1 aliphatic carbocycles. The van der Waals surface area contributed by atoms with Crippen LogP contribution in [0.25, 0.3) is 0 Å². The van der Waals surface area contributed by atoms with Crippen LogP contribution in [0.4, 0.5) is 5.69 Å². The molecule has 1 amide bonds. The molecule has 1 aromatic carbocycles. The molecule has 0 radical (unpaired) electrons. The first kappa shape index (κ1) is 15.3. The van der Waals surface area contributed by atoms with E-state index in [1.54, 1.807) is 17.0 Å². The van der Waals surface area contributed by atoms with E-state index in [0.717, 1.165) is 12.8 Å². The second kappa shape index (κ2) is 6.14. The Morgan fingerprint density at radius 2 is 2.05 bits per heavy atom. The summed E-state index contributed by atoms with van der Waals surface area (Å²) < 4.78 is 0. The van der Waals surface area contributed by atoms with Crippen LogP contribution in [0.2, 0.25) is 0 Å². The molecule has 0 aliphatic heterocycles. The minimum atomic E-state index is -0.0632. The van der Waals surface area contributed by atoms with Crippen molar-refractivity contribution in [1.29, 1.82) is 0 Å². The maximum atomic E-state index is 12.5. The number of amides is 1. The molecule has 3 rings (SSSR count). The SMILES string of the molecule is CN(C(=O)c1ccc(N)cn1)C1CCc2ccccc21.Cl. The van der Waals surface area contributed by atoms with Crippen LogP contribution in [0.5, 0.6) is 0 Å². The summed E-state index contributed by atoms with van der Waals surface area (Å²) in [4.78, 5) is 18.4. The average molecular weight is 304 g/mol. The number of nitrogens with two attached hydrogens (primary N) is 1. The third kappa shape index (κ3) is 2.85. The maximum Gasteiger partial charge on any atom is 0.272 e. The molecule has 4 nitrogen and oxygen atoms in total. The third-order valence-electron chi connectivity index (χ3n) is 3.89. The summed E-state index contributed by atoms with van der Waals surface area (Å²) in [7, 11) is 1.84. The van der Waals surface area contributed by atoms with Gasteiger partial charge >= 0.3 is 0 Å². The van der Waals surface area contributed by atoms with Crippen molar-refractivity contribution in [1.82, 2.24) is 9.88 Å². The number of hydrogen-bond donors (Lipinski definition) is 1. The molecule has 1 atom stereocenters. The summed E-state index contributed by atoms with van der Waals surface area (Å²) >= 11 is 0. The van der Waals surface area contributed by atoms with Crippen LogP contribution in [-0.2, 0) is 6.42 Å². The number of carbonyl (C=O) groups is 1. The van der Waals surface area contributed by atoms with Gasteiger partial charge in [-0.25, -0.2) is 4.98 Å². The number of pyridine rings is 1. The van der Waals surface area contributed by atoms with E-state index in [-0.39, 0.29) is 24.4 Å². The lowest BCUT2D eigenvalue weighted by atomic mass is 10.1. The lowest BCUT2D eigenvalue weighted by Crippen LogP contribution is -2.30. The summed E-state index contributed by atoms with van der Waals surface area (Å²) in [6, 6.07) is 11.8. The molecule has 0 fully saturated rings. The van der Waals surface area contributed by atoms with E-state index in [2.05, 4.69) is 17.1 Å². The fourth-order valence-corrected chi connectivity index (χ4v) is 2.79. The Kier molecular flexibility index (Phi) is 4.48. The van der Waals surface area contributed by atoms with Gasteiger partial charge in [-0.05, 0) is 36.1 Å². The first-order valence-electron chi connectivity index (χ1n) is 6.73. The molecule has 1 aromatic heterocycles. The predicted octanol–water partition coefficient (Wildman–Crippen LogP) is 2.85. The van der Waals surface area contributed by atoms with E-state index in [4.69, 9.17) is 5.73 Å². The zero-order chi connectivity index (χ0) is 14.1. The van der Waals surface area contributed by atoms with Gasteiger partial charge in [0, 0.05) is 7.05 Å². The first-order valence-corrected chi connectivity index (χ1v) is 6.73. The number of fused-ring (bicyclic) bond motifs is 1. The fourth-order valence-electron chi connectivity index (χ4n) is 2.79. The molecule has 0 saturated carbocycles. The average Bonchev–Trinajstić information content (AvgIpc) is 2.90. The highest BCUT2D eigenvalue weighted by Crippen LogP contribution is 2.35. The van der Waals surface area contributed by atoms with Gasteiger partial charge in [-0.2, -0.15) is 0 Å². The highest BCUT2D eigenvalue weighted by Gasteiger charge is 2.29. The number of carbonyl (C=O) groups excluding carboxylic acids is 1. The molecule has 1 heterocycles. The van der Waals surface area contributed by atoms with Crippen molar-refractivity contribution >= 4 is 24.0 Å². The van der Waals surface area contributed by atoms with Crippen LogP contribution in [-0.4, -0.2) is 22.8 Å². The van der Waals surface area contributed by atoms with Crippen molar-refractivity contribution < 1.29 is 4.79 Å². The van der Waals surface area contributed by atoms with Crippen LogP contribution in [0.15, 0.2) is 42.6 Å². The number of rotatable bonds is 2. The van der Waals surface area contributed by atoms with Gasteiger partial charge in [-0.15, -0.1) is 12.4 Å². The minimum Gasteiger partial charge on any atom is -0.397 e. The van der Waals surface area contributed by atoms with Crippen molar-refractivity contribution in [3.63, 3.8) is 0 Å². The molecule has 2 N–H and O–H groups in total. The topological polar surface area (TPSA) is 59.2 Å². The second-order valence-corrected chi connectivity index (χ2v) is 5.15. The van der Waals surface area contributed by atoms with Gasteiger partial charge in [0.2, 0.25) is 0 Å². The quantitative estimate of drug-likeness (QED) is 0.928. The van der Waals surface area contributed by atoms with E-state index >= 15 is 0 Å². The fraction of sp³-hybridized carbons (Fsp3) is 0.250. The molecule has 2 aromatic rings. The van der Waals surface area contributed by atoms with Gasteiger partial charge < -0.3 is 10.6 Å². The lowest BCUT2D eigenvalue weighted by Gasteiger charge is -2.25. The van der Waals surface area contributed by atoms with E-state index in [1.807, 2.05) is 19.2 Å². The molecule has 21 heavy (non-hydrogen) atoms. The van der Waals surface area contributed by atoms with E-state index in [1.165, 1.54) is 17.3 Å². The van der Waals surface area contributed by atoms with Gasteiger partial charge in [0.25, 0.3) is 5.91 Å². The Balaban J connectivity index is 0.00000161. The monoisotopic (exact) mass is 303 g/mol. The van der Waals surface area contributed by atoms with Crippen molar-refractivity contribution in [2.24, 2.45) is 0 Å². The summed E-state index contributed by atoms with van der Waals surface area (Å²) in [5.41, 5.74) is 9.19. The predicted molar refractivity (Wildman–Crippen MR) is 85.5 cm³/mol. The molecular formula is C16H18ClN3O. The van der Waals surface area contributed by atoms with E-state index in [9.17, 15) is 4.79 Å². The number of anilines is 1. The zero-order valence-corrected chi connectivity index (χ0v) is 12.6. The number of nitrogen functional groups attached to an aromatic ring is 1. The number of aromatic nitrogens is 1. The number of aryl methyl sites for hydroxylation is 1. The van der Waals surface area contributed by atoms with Gasteiger partial charge in [0.05, 0.1) is 17.9 Å². The van der Waals surface area contributed by atoms with Crippen molar-refractivity contribution in [3.8, 4) is 0 Å². The van der Waals surface area contributed by atoms with Gasteiger partial charge in [0.15, 0.2) is 0 Å². The summed E-state index contributed by atoms with van der Waals surface area (Å²) in [6.45, 7) is 0. The number of halogens is 1. The standard InChI is InChI=1S/C16H17N3O.ClH/c1-19(16(20)14-8-7-12(17)10-18-14)15-9-6-11-4-2-3-5-13(11)15;/h2-5,7-8,10,15H,6,9,17H2,1H3;1H. The van der Waals surface area contributed by atoms with Gasteiger partial charge in [-0.1, -0.05) is 24.3 Å². The maximum absolute atomic E-state index is 12.5. The molecule has 0 bridgehead atoms. The Labute approximate surface area is 130 Å². The molecule has 1 unspecified atom stereocenters.